The average Bonchev–Trinajstić information content (AvgIpc) is 2.77. The molecule has 0 spiro atoms. The van der Waals surface area contributed by atoms with E-state index in [1.54, 1.807) is 6.07 Å². The van der Waals surface area contributed by atoms with Crippen molar-refractivity contribution in [1.29, 1.82) is 0 Å². The predicted molar refractivity (Wildman–Crippen MR) is 126 cm³/mol. The van der Waals surface area contributed by atoms with Crippen LogP contribution in [0.5, 0.6) is 5.75 Å². The third-order valence-corrected chi connectivity index (χ3v) is 5.59. The monoisotopic (exact) mass is 427 g/mol. The quantitative estimate of drug-likeness (QED) is 0.313. The minimum Gasteiger partial charge on any atom is -0.487 e. The van der Waals surface area contributed by atoms with Gasteiger partial charge in [0.25, 0.3) is 0 Å². The summed E-state index contributed by atoms with van der Waals surface area (Å²) in [6.45, 7) is 6.80. The molecule has 0 aliphatic rings. The number of halogens is 1. The number of benzene rings is 3. The Morgan fingerprint density at radius 1 is 0.969 bits per heavy atom. The molecule has 162 valence electrons. The van der Waals surface area contributed by atoms with Crippen LogP contribution in [0.3, 0.4) is 0 Å². The maximum atomic E-state index is 13.4. The Bertz CT molecular complexity index is 1250. The molecule has 1 atom stereocenters. The van der Waals surface area contributed by atoms with E-state index in [0.717, 1.165) is 34.0 Å². The van der Waals surface area contributed by atoms with Crippen molar-refractivity contribution in [1.82, 2.24) is 4.98 Å². The van der Waals surface area contributed by atoms with Crippen LogP contribution in [0, 0.1) is 11.2 Å². The number of hydrogen-bond donors (Lipinski definition) is 0. The molecular formula is C28H26FNO2. The SMILES string of the molecule is CC(C)(C)C(c1ccccc1)c1cc(OCc2ccc3cc(F)ccc3n2)ccc1C=O. The van der Waals surface area contributed by atoms with Crippen LogP contribution < -0.4 is 4.74 Å². The number of aromatic nitrogens is 1. The highest BCUT2D eigenvalue weighted by atomic mass is 19.1. The zero-order valence-corrected chi connectivity index (χ0v) is 18.5. The number of nitrogens with zero attached hydrogens (tertiary/aromatic N) is 1. The molecule has 1 heterocycles. The highest BCUT2D eigenvalue weighted by Crippen LogP contribution is 2.42. The minimum absolute atomic E-state index is 0.0288. The van der Waals surface area contributed by atoms with E-state index in [9.17, 15) is 9.18 Å². The fourth-order valence-electron chi connectivity index (χ4n) is 4.17. The number of ether oxygens (including phenoxy) is 1. The molecule has 0 aliphatic carbocycles. The average molecular weight is 428 g/mol. The molecular weight excluding hydrogens is 401 g/mol. The fourth-order valence-corrected chi connectivity index (χ4v) is 4.17. The van der Waals surface area contributed by atoms with Gasteiger partial charge in [-0.3, -0.25) is 4.79 Å². The first-order valence-electron chi connectivity index (χ1n) is 10.7. The maximum absolute atomic E-state index is 13.4. The number of carbonyl (C=O) groups excluding carboxylic acids is 1. The largest absolute Gasteiger partial charge is 0.487 e. The van der Waals surface area contributed by atoms with E-state index in [0.29, 0.717) is 11.3 Å². The van der Waals surface area contributed by atoms with E-state index in [2.05, 4.69) is 37.9 Å². The topological polar surface area (TPSA) is 39.2 Å². The lowest BCUT2D eigenvalue weighted by Crippen LogP contribution is -2.21. The van der Waals surface area contributed by atoms with Crippen molar-refractivity contribution in [2.24, 2.45) is 5.41 Å². The van der Waals surface area contributed by atoms with Gasteiger partial charge < -0.3 is 4.74 Å². The summed E-state index contributed by atoms with van der Waals surface area (Å²) >= 11 is 0. The Balaban J connectivity index is 1.64. The van der Waals surface area contributed by atoms with Crippen LogP contribution >= 0.6 is 0 Å². The summed E-state index contributed by atoms with van der Waals surface area (Å²) in [6, 6.07) is 24.0. The van der Waals surface area contributed by atoms with Crippen molar-refractivity contribution in [3.8, 4) is 5.75 Å². The van der Waals surface area contributed by atoms with Crippen LogP contribution in [0.4, 0.5) is 4.39 Å². The second kappa shape index (κ2) is 8.91. The van der Waals surface area contributed by atoms with Crippen molar-refractivity contribution < 1.29 is 13.9 Å². The zero-order chi connectivity index (χ0) is 22.7. The van der Waals surface area contributed by atoms with Gasteiger partial charge in [-0.2, -0.15) is 0 Å². The van der Waals surface area contributed by atoms with Crippen molar-refractivity contribution in [3.05, 3.63) is 107 Å². The van der Waals surface area contributed by atoms with Crippen molar-refractivity contribution in [2.45, 2.75) is 33.3 Å². The smallest absolute Gasteiger partial charge is 0.150 e. The molecule has 3 nitrogen and oxygen atoms in total. The van der Waals surface area contributed by atoms with Gasteiger partial charge in [-0.1, -0.05) is 57.2 Å². The molecule has 3 aromatic carbocycles. The van der Waals surface area contributed by atoms with Crippen molar-refractivity contribution in [3.63, 3.8) is 0 Å². The summed E-state index contributed by atoms with van der Waals surface area (Å²) in [5.74, 6) is 0.427. The number of aldehydes is 1. The summed E-state index contributed by atoms with van der Waals surface area (Å²) in [4.78, 5) is 16.4. The highest BCUT2D eigenvalue weighted by molar-refractivity contribution is 5.79. The number of pyridine rings is 1. The second-order valence-corrected chi connectivity index (χ2v) is 9.05. The zero-order valence-electron chi connectivity index (χ0n) is 18.5. The molecule has 1 unspecified atom stereocenters. The molecule has 0 saturated heterocycles. The predicted octanol–water partition coefficient (Wildman–Crippen LogP) is 6.94. The summed E-state index contributed by atoms with van der Waals surface area (Å²) in [7, 11) is 0. The van der Waals surface area contributed by atoms with E-state index in [1.165, 1.54) is 12.1 Å². The Labute approximate surface area is 187 Å². The standard InChI is InChI=1S/C28H26FNO2/c1-28(2,3)27(19-7-5-4-6-8-19)25-16-24(13-10-21(25)17-31)32-18-23-12-9-20-15-22(29)11-14-26(20)30-23/h4-17,27H,18H2,1-3H3. The molecule has 4 aromatic rings. The molecule has 0 N–H and O–H groups in total. The normalized spacial score (nSPS) is 12.5. The van der Waals surface area contributed by atoms with E-state index in [1.807, 2.05) is 48.5 Å². The van der Waals surface area contributed by atoms with E-state index in [-0.39, 0.29) is 23.8 Å². The second-order valence-electron chi connectivity index (χ2n) is 9.05. The Morgan fingerprint density at radius 3 is 2.47 bits per heavy atom. The van der Waals surface area contributed by atoms with E-state index < -0.39 is 0 Å². The highest BCUT2D eigenvalue weighted by Gasteiger charge is 2.30. The molecule has 32 heavy (non-hydrogen) atoms. The maximum Gasteiger partial charge on any atom is 0.150 e. The van der Waals surface area contributed by atoms with Gasteiger partial charge in [0, 0.05) is 16.9 Å². The van der Waals surface area contributed by atoms with Gasteiger partial charge in [-0.05, 0) is 59.0 Å². The lowest BCUT2D eigenvalue weighted by molar-refractivity contribution is 0.112. The van der Waals surface area contributed by atoms with Crippen LogP contribution in [0.2, 0.25) is 0 Å². The molecule has 1 aromatic heterocycles. The summed E-state index contributed by atoms with van der Waals surface area (Å²) in [5.41, 5.74) is 4.13. The lowest BCUT2D eigenvalue weighted by atomic mass is 9.71. The summed E-state index contributed by atoms with van der Waals surface area (Å²) in [5, 5.41) is 0.752. The summed E-state index contributed by atoms with van der Waals surface area (Å²) < 4.78 is 19.5. The first-order valence-corrected chi connectivity index (χ1v) is 10.7. The van der Waals surface area contributed by atoms with Gasteiger partial charge in [0.15, 0.2) is 0 Å². The van der Waals surface area contributed by atoms with Crippen LogP contribution in [0.25, 0.3) is 10.9 Å². The molecule has 0 saturated carbocycles. The third kappa shape index (κ3) is 4.70. The molecule has 0 fully saturated rings. The first-order chi connectivity index (χ1) is 15.3. The van der Waals surface area contributed by atoms with Gasteiger partial charge in [-0.15, -0.1) is 0 Å². The number of hydrogen-bond acceptors (Lipinski definition) is 3. The van der Waals surface area contributed by atoms with Crippen LogP contribution in [-0.2, 0) is 6.61 Å². The fraction of sp³-hybridized carbons (Fsp3) is 0.214. The van der Waals surface area contributed by atoms with Gasteiger partial charge in [0.1, 0.15) is 24.5 Å². The van der Waals surface area contributed by atoms with Crippen LogP contribution in [-0.4, -0.2) is 11.3 Å². The summed E-state index contributed by atoms with van der Waals surface area (Å²) in [6.07, 6.45) is 0.908. The van der Waals surface area contributed by atoms with Gasteiger partial charge >= 0.3 is 0 Å². The van der Waals surface area contributed by atoms with Gasteiger partial charge in [-0.25, -0.2) is 9.37 Å². The molecule has 0 aliphatic heterocycles. The van der Waals surface area contributed by atoms with Crippen LogP contribution in [0.1, 0.15) is 53.9 Å². The Hall–Kier alpha value is -3.53. The third-order valence-electron chi connectivity index (χ3n) is 5.59. The Morgan fingerprint density at radius 2 is 1.75 bits per heavy atom. The van der Waals surface area contributed by atoms with Crippen molar-refractivity contribution in [2.75, 3.05) is 0 Å². The molecule has 0 bridgehead atoms. The van der Waals surface area contributed by atoms with Gasteiger partial charge in [0.2, 0.25) is 0 Å². The molecule has 0 radical (unpaired) electrons. The minimum atomic E-state index is -0.280. The number of carbonyl (C=O) groups is 1. The Kier molecular flexibility index (Phi) is 6.04. The van der Waals surface area contributed by atoms with E-state index >= 15 is 0 Å². The number of fused-ring (bicyclic) bond motifs is 1. The molecule has 4 rings (SSSR count). The molecule has 0 amide bonds. The number of rotatable bonds is 6. The van der Waals surface area contributed by atoms with Gasteiger partial charge in [0.05, 0.1) is 11.2 Å². The first kappa shape index (κ1) is 21.7. The van der Waals surface area contributed by atoms with Crippen molar-refractivity contribution >= 4 is 17.2 Å². The van der Waals surface area contributed by atoms with E-state index in [4.69, 9.17) is 4.74 Å². The lowest BCUT2D eigenvalue weighted by Gasteiger charge is -2.32. The molecule has 4 heteroatoms. The van der Waals surface area contributed by atoms with Crippen LogP contribution in [0.15, 0.2) is 78.9 Å².